The average Bonchev–Trinajstić information content (AvgIpc) is 1.85. The van der Waals surface area contributed by atoms with Crippen LogP contribution in [0.4, 0.5) is 0 Å². The lowest BCUT2D eigenvalue weighted by molar-refractivity contribution is -0.137. The summed E-state index contributed by atoms with van der Waals surface area (Å²) in [7, 11) is -2.33. The zero-order chi connectivity index (χ0) is 8.69. The molecule has 1 unspecified atom stereocenters. The molecule has 0 saturated carbocycles. The van der Waals surface area contributed by atoms with E-state index < -0.39 is 14.0 Å². The Hall–Kier alpha value is -0.340. The summed E-state index contributed by atoms with van der Waals surface area (Å²) >= 11 is 0. The van der Waals surface area contributed by atoms with Crippen molar-refractivity contribution in [1.82, 2.24) is 0 Å². The van der Waals surface area contributed by atoms with Crippen molar-refractivity contribution in [2.24, 2.45) is 0 Å². The zero-order valence-corrected chi connectivity index (χ0v) is 7.25. The van der Waals surface area contributed by atoms with Gasteiger partial charge in [0.15, 0.2) is 8.03 Å². The van der Waals surface area contributed by atoms with Gasteiger partial charge in [-0.25, -0.2) is 0 Å². The molecule has 0 spiro atoms. The van der Waals surface area contributed by atoms with Crippen molar-refractivity contribution in [1.29, 1.82) is 0 Å². The minimum absolute atomic E-state index is 0.159. The van der Waals surface area contributed by atoms with Crippen LogP contribution in [0, 0.1) is 0 Å². The molecule has 11 heavy (non-hydrogen) atoms. The maximum Gasteiger partial charge on any atom is 0.303 e. The number of hydrogen-bond donors (Lipinski definition) is 2. The molecular formula is C6H13O4P. The molecule has 0 aliphatic heterocycles. The fourth-order valence-corrected chi connectivity index (χ4v) is 1.28. The van der Waals surface area contributed by atoms with E-state index in [9.17, 15) is 9.36 Å². The Labute approximate surface area is 66.1 Å². The van der Waals surface area contributed by atoms with Crippen LogP contribution in [0.1, 0.15) is 25.7 Å². The molecule has 0 amide bonds. The third kappa shape index (κ3) is 9.66. The van der Waals surface area contributed by atoms with Gasteiger partial charge in [-0.2, -0.15) is 0 Å². The fraction of sp³-hybridized carbons (Fsp3) is 0.833. The molecule has 4 nitrogen and oxygen atoms in total. The van der Waals surface area contributed by atoms with Crippen molar-refractivity contribution in [2.45, 2.75) is 25.7 Å². The van der Waals surface area contributed by atoms with Crippen molar-refractivity contribution >= 4 is 14.0 Å². The summed E-state index contributed by atoms with van der Waals surface area (Å²) in [5, 5.41) is 8.22. The lowest BCUT2D eigenvalue weighted by atomic mass is 10.2. The van der Waals surface area contributed by atoms with Crippen LogP contribution in [-0.4, -0.2) is 22.1 Å². The molecule has 66 valence electrons. The highest BCUT2D eigenvalue weighted by Crippen LogP contribution is 2.15. The Morgan fingerprint density at radius 2 is 1.91 bits per heavy atom. The van der Waals surface area contributed by atoms with Gasteiger partial charge in [-0.3, -0.25) is 9.36 Å². The molecule has 0 heterocycles. The second-order valence-electron chi connectivity index (χ2n) is 2.35. The normalized spacial score (nSPS) is 12.8. The first-order valence-corrected chi connectivity index (χ1v) is 5.13. The summed E-state index contributed by atoms with van der Waals surface area (Å²) in [6, 6.07) is 0. The summed E-state index contributed by atoms with van der Waals surface area (Å²) in [6.45, 7) is 0. The Kier molecular flexibility index (Phi) is 6.18. The van der Waals surface area contributed by atoms with Crippen LogP contribution < -0.4 is 0 Å². The van der Waals surface area contributed by atoms with Gasteiger partial charge in [0.05, 0.1) is 0 Å². The molecule has 0 aliphatic rings. The number of aliphatic carboxylic acids is 1. The van der Waals surface area contributed by atoms with Gasteiger partial charge in [-0.15, -0.1) is 0 Å². The molecule has 0 aromatic rings. The minimum Gasteiger partial charge on any atom is -0.481 e. The topological polar surface area (TPSA) is 74.6 Å². The molecule has 0 bridgehead atoms. The summed E-state index contributed by atoms with van der Waals surface area (Å²) in [4.78, 5) is 18.4. The van der Waals surface area contributed by atoms with E-state index in [4.69, 9.17) is 10.00 Å². The third-order valence-corrected chi connectivity index (χ3v) is 2.06. The van der Waals surface area contributed by atoms with Crippen LogP contribution in [0.25, 0.3) is 0 Å². The summed E-state index contributed by atoms with van der Waals surface area (Å²) in [6.07, 6.45) is 2.46. The molecule has 5 heteroatoms. The lowest BCUT2D eigenvalue weighted by Gasteiger charge is -1.95. The van der Waals surface area contributed by atoms with Gasteiger partial charge in [0, 0.05) is 12.6 Å². The number of carbonyl (C=O) groups is 1. The maximum atomic E-state index is 10.2. The van der Waals surface area contributed by atoms with Crippen LogP contribution >= 0.6 is 8.03 Å². The predicted octanol–water partition coefficient (Wildman–Crippen LogP) is 1.10. The van der Waals surface area contributed by atoms with Gasteiger partial charge in [0.1, 0.15) is 0 Å². The monoisotopic (exact) mass is 180 g/mol. The largest absolute Gasteiger partial charge is 0.481 e. The maximum absolute atomic E-state index is 10.2. The van der Waals surface area contributed by atoms with E-state index in [1.807, 2.05) is 0 Å². The molecule has 0 rings (SSSR count). The van der Waals surface area contributed by atoms with Crippen LogP contribution in [0.3, 0.4) is 0 Å². The average molecular weight is 180 g/mol. The highest BCUT2D eigenvalue weighted by Gasteiger charge is 1.97. The highest BCUT2D eigenvalue weighted by molar-refractivity contribution is 7.37. The van der Waals surface area contributed by atoms with Gasteiger partial charge in [-0.05, 0) is 12.8 Å². The van der Waals surface area contributed by atoms with Crippen LogP contribution in [0.5, 0.6) is 0 Å². The van der Waals surface area contributed by atoms with E-state index in [1.165, 1.54) is 0 Å². The van der Waals surface area contributed by atoms with E-state index in [-0.39, 0.29) is 6.42 Å². The number of hydrogen-bond acceptors (Lipinski definition) is 2. The molecule has 2 N–H and O–H groups in total. The quantitative estimate of drug-likeness (QED) is 0.474. The van der Waals surface area contributed by atoms with Gasteiger partial charge >= 0.3 is 5.97 Å². The fourth-order valence-electron chi connectivity index (χ4n) is 0.729. The van der Waals surface area contributed by atoms with Gasteiger partial charge in [-0.1, -0.05) is 6.42 Å². The third-order valence-electron chi connectivity index (χ3n) is 1.28. The molecule has 0 aliphatic carbocycles. The number of rotatable bonds is 6. The predicted molar refractivity (Wildman–Crippen MR) is 42.2 cm³/mol. The Morgan fingerprint density at radius 1 is 1.27 bits per heavy atom. The second kappa shape index (κ2) is 6.38. The van der Waals surface area contributed by atoms with Crippen LogP contribution in [0.15, 0.2) is 0 Å². The van der Waals surface area contributed by atoms with E-state index in [0.717, 1.165) is 6.42 Å². The first kappa shape index (κ1) is 10.7. The summed E-state index contributed by atoms with van der Waals surface area (Å²) < 4.78 is 10.2. The number of unbranched alkanes of at least 4 members (excludes halogenated alkanes) is 2. The first-order valence-electron chi connectivity index (χ1n) is 3.56. The molecule has 0 fully saturated rings. The standard InChI is InChI=1S/C6H13O4P/c7-6(8)4-2-1-3-5-11(9)10/h11H,1-5H2,(H,7,8)(H,9,10). The second-order valence-corrected chi connectivity index (χ2v) is 3.64. The first-order chi connectivity index (χ1) is 5.13. The van der Waals surface area contributed by atoms with E-state index >= 15 is 0 Å². The van der Waals surface area contributed by atoms with E-state index in [0.29, 0.717) is 19.0 Å². The number of carboxylic acids is 1. The Morgan fingerprint density at radius 3 is 2.36 bits per heavy atom. The molecule has 0 aromatic heterocycles. The molecule has 0 radical (unpaired) electrons. The molecular weight excluding hydrogens is 167 g/mol. The van der Waals surface area contributed by atoms with Gasteiger partial charge in [0.2, 0.25) is 0 Å². The highest BCUT2D eigenvalue weighted by atomic mass is 31.1. The van der Waals surface area contributed by atoms with Crippen molar-refractivity contribution in [3.05, 3.63) is 0 Å². The van der Waals surface area contributed by atoms with Crippen LogP contribution in [-0.2, 0) is 9.36 Å². The Bertz CT molecular complexity index is 130. The van der Waals surface area contributed by atoms with Crippen molar-refractivity contribution in [3.8, 4) is 0 Å². The molecule has 1 atom stereocenters. The minimum atomic E-state index is -2.33. The molecule has 0 saturated heterocycles. The van der Waals surface area contributed by atoms with Crippen molar-refractivity contribution in [3.63, 3.8) is 0 Å². The molecule has 0 aromatic carbocycles. The van der Waals surface area contributed by atoms with Crippen molar-refractivity contribution < 1.29 is 19.4 Å². The smallest absolute Gasteiger partial charge is 0.303 e. The Balaban J connectivity index is 3.03. The van der Waals surface area contributed by atoms with E-state index in [2.05, 4.69) is 0 Å². The van der Waals surface area contributed by atoms with Gasteiger partial charge in [0.25, 0.3) is 0 Å². The van der Waals surface area contributed by atoms with Crippen LogP contribution in [0.2, 0.25) is 0 Å². The summed E-state index contributed by atoms with van der Waals surface area (Å²) in [5.74, 6) is -0.804. The zero-order valence-electron chi connectivity index (χ0n) is 6.25. The SMILES string of the molecule is O=C(O)CCCCC[PH](=O)O. The van der Waals surface area contributed by atoms with Gasteiger partial charge < -0.3 is 10.00 Å². The number of carboxylic acid groups (broad SMARTS) is 1. The summed E-state index contributed by atoms with van der Waals surface area (Å²) in [5.41, 5.74) is 0. The van der Waals surface area contributed by atoms with E-state index in [1.54, 1.807) is 0 Å². The van der Waals surface area contributed by atoms with Crippen molar-refractivity contribution in [2.75, 3.05) is 6.16 Å². The lowest BCUT2D eigenvalue weighted by Crippen LogP contribution is -1.93.